The van der Waals surface area contributed by atoms with Gasteiger partial charge < -0.3 is 20.1 Å². The topological polar surface area (TPSA) is 89.5 Å². The van der Waals surface area contributed by atoms with Crippen molar-refractivity contribution in [2.24, 2.45) is 0 Å². The van der Waals surface area contributed by atoms with Gasteiger partial charge in [0.2, 0.25) is 5.91 Å². The minimum atomic E-state index is -0.339. The second kappa shape index (κ2) is 11.7. The van der Waals surface area contributed by atoms with Gasteiger partial charge in [0, 0.05) is 27.1 Å². The van der Waals surface area contributed by atoms with Crippen LogP contribution in [0.25, 0.3) is 11.3 Å². The summed E-state index contributed by atoms with van der Waals surface area (Å²) < 4.78 is 10.4. The lowest BCUT2D eigenvalue weighted by molar-refractivity contribution is -0.115. The highest BCUT2D eigenvalue weighted by atomic mass is 32.2. The maximum Gasteiger partial charge on any atom is 0.255 e. The molecule has 0 aliphatic heterocycles. The van der Waals surface area contributed by atoms with Gasteiger partial charge in [0.1, 0.15) is 11.5 Å². The first-order valence-electron chi connectivity index (χ1n) is 11.1. The molecule has 3 aromatic carbocycles. The van der Waals surface area contributed by atoms with Gasteiger partial charge in [-0.25, -0.2) is 4.98 Å². The Morgan fingerprint density at radius 3 is 2.33 bits per heavy atom. The molecule has 0 saturated heterocycles. The Bertz CT molecular complexity index is 1340. The van der Waals surface area contributed by atoms with Crippen LogP contribution in [0, 0.1) is 0 Å². The number of nitrogens with one attached hydrogen (secondary N) is 2. The van der Waals surface area contributed by atoms with Crippen molar-refractivity contribution in [1.29, 1.82) is 0 Å². The number of carbonyl (C=O) groups is 2. The van der Waals surface area contributed by atoms with Crippen LogP contribution in [0.15, 0.2) is 83.1 Å². The first-order valence-corrected chi connectivity index (χ1v) is 12.8. The van der Waals surface area contributed by atoms with E-state index in [0.717, 1.165) is 21.9 Å². The van der Waals surface area contributed by atoms with Gasteiger partial charge in [0.05, 0.1) is 25.2 Å². The minimum absolute atomic E-state index is 0.136. The number of amides is 2. The van der Waals surface area contributed by atoms with E-state index < -0.39 is 0 Å². The first-order chi connectivity index (χ1) is 17.4. The number of methoxy groups -OCH3 is 2. The third-order valence-electron chi connectivity index (χ3n) is 5.25. The molecule has 7 nitrogen and oxygen atoms in total. The predicted molar refractivity (Wildman–Crippen MR) is 145 cm³/mol. The third-order valence-corrected chi connectivity index (χ3v) is 7.12. The molecule has 0 spiro atoms. The molecule has 9 heteroatoms. The summed E-state index contributed by atoms with van der Waals surface area (Å²) in [6.07, 6.45) is 0. The number of carbonyl (C=O) groups excluding carboxylic acids is 2. The molecule has 0 bridgehead atoms. The summed E-state index contributed by atoms with van der Waals surface area (Å²) in [5, 5.41) is 7.87. The third kappa shape index (κ3) is 6.44. The Morgan fingerprint density at radius 1 is 0.917 bits per heavy atom. The van der Waals surface area contributed by atoms with E-state index in [4.69, 9.17) is 9.47 Å². The highest BCUT2D eigenvalue weighted by Gasteiger charge is 2.17. The molecule has 36 heavy (non-hydrogen) atoms. The van der Waals surface area contributed by atoms with Crippen molar-refractivity contribution in [1.82, 2.24) is 4.98 Å². The van der Waals surface area contributed by atoms with Gasteiger partial charge in [0.15, 0.2) is 5.13 Å². The van der Waals surface area contributed by atoms with E-state index in [9.17, 15) is 9.59 Å². The zero-order valence-corrected chi connectivity index (χ0v) is 21.6. The highest BCUT2D eigenvalue weighted by Crippen LogP contribution is 2.29. The number of hydrogen-bond acceptors (Lipinski definition) is 7. The molecule has 0 aliphatic carbocycles. The number of thiazole rings is 1. The second-order valence-electron chi connectivity index (χ2n) is 7.73. The molecule has 0 aliphatic rings. The van der Waals surface area contributed by atoms with Crippen LogP contribution in [0.1, 0.15) is 17.3 Å². The quantitative estimate of drug-likeness (QED) is 0.256. The number of rotatable bonds is 9. The number of thioether (sulfide) groups is 1. The molecule has 184 valence electrons. The maximum atomic E-state index is 12.7. The largest absolute Gasteiger partial charge is 0.497 e. The minimum Gasteiger partial charge on any atom is -0.497 e. The van der Waals surface area contributed by atoms with Crippen molar-refractivity contribution in [3.05, 3.63) is 83.7 Å². The molecule has 4 rings (SSSR count). The maximum absolute atomic E-state index is 12.7. The lowest BCUT2D eigenvalue weighted by Gasteiger charge is -2.11. The predicted octanol–water partition coefficient (Wildman–Crippen LogP) is 6.20. The van der Waals surface area contributed by atoms with E-state index in [0.29, 0.717) is 22.1 Å². The van der Waals surface area contributed by atoms with E-state index in [-0.39, 0.29) is 17.1 Å². The highest BCUT2D eigenvalue weighted by molar-refractivity contribution is 8.00. The molecule has 1 unspecified atom stereocenters. The average Bonchev–Trinajstić information content (AvgIpc) is 3.38. The van der Waals surface area contributed by atoms with Gasteiger partial charge in [0.25, 0.3) is 5.91 Å². The van der Waals surface area contributed by atoms with Crippen LogP contribution in [0.2, 0.25) is 0 Å². The van der Waals surface area contributed by atoms with Gasteiger partial charge in [-0.05, 0) is 67.6 Å². The zero-order chi connectivity index (χ0) is 25.5. The van der Waals surface area contributed by atoms with Crippen molar-refractivity contribution < 1.29 is 19.1 Å². The van der Waals surface area contributed by atoms with Crippen molar-refractivity contribution in [3.63, 3.8) is 0 Å². The fourth-order valence-electron chi connectivity index (χ4n) is 3.27. The monoisotopic (exact) mass is 519 g/mol. The lowest BCUT2D eigenvalue weighted by Crippen LogP contribution is -2.22. The van der Waals surface area contributed by atoms with E-state index >= 15 is 0 Å². The van der Waals surface area contributed by atoms with Gasteiger partial charge in [-0.1, -0.05) is 12.1 Å². The molecule has 4 aromatic rings. The smallest absolute Gasteiger partial charge is 0.255 e. The number of hydrogen-bond donors (Lipinski definition) is 2. The number of nitrogens with zero attached hydrogens (tertiary/aromatic N) is 1. The molecular weight excluding hydrogens is 494 g/mol. The summed E-state index contributed by atoms with van der Waals surface area (Å²) in [6.45, 7) is 1.84. The van der Waals surface area contributed by atoms with Gasteiger partial charge in [-0.3, -0.25) is 9.59 Å². The van der Waals surface area contributed by atoms with E-state index in [1.54, 1.807) is 38.5 Å². The molecule has 0 radical (unpaired) electrons. The summed E-state index contributed by atoms with van der Waals surface area (Å²) in [7, 11) is 3.20. The van der Waals surface area contributed by atoms with Crippen molar-refractivity contribution in [2.75, 3.05) is 24.9 Å². The summed E-state index contributed by atoms with van der Waals surface area (Å²) in [5.41, 5.74) is 2.91. The summed E-state index contributed by atoms with van der Waals surface area (Å²) in [4.78, 5) is 30.6. The molecule has 1 heterocycles. The molecular formula is C27H25N3O4S2. The van der Waals surface area contributed by atoms with Gasteiger partial charge in [-0.15, -0.1) is 23.1 Å². The molecule has 1 aromatic heterocycles. The standard InChI is InChI=1S/C27H25N3O4S2/c1-17(25(31)30-27-29-24(16-35-27)19-5-4-6-22(15-19)34-3)36-23-13-9-20(10-14-23)28-26(32)18-7-11-21(33-2)12-8-18/h4-17H,1-3H3,(H,28,32)(H,29,30,31). The van der Waals surface area contributed by atoms with Crippen LogP contribution in [-0.2, 0) is 4.79 Å². The average molecular weight is 520 g/mol. The van der Waals surface area contributed by atoms with Crippen molar-refractivity contribution in [3.8, 4) is 22.8 Å². The Labute approximate surface area is 217 Å². The molecule has 2 N–H and O–H groups in total. The molecule has 2 amide bonds. The fourth-order valence-corrected chi connectivity index (χ4v) is 4.86. The van der Waals surface area contributed by atoms with Gasteiger partial charge in [-0.2, -0.15) is 0 Å². The van der Waals surface area contributed by atoms with Crippen LogP contribution < -0.4 is 20.1 Å². The first kappa shape index (κ1) is 25.3. The van der Waals surface area contributed by atoms with E-state index in [1.165, 1.54) is 23.1 Å². The zero-order valence-electron chi connectivity index (χ0n) is 20.0. The summed E-state index contributed by atoms with van der Waals surface area (Å²) in [6, 6.07) is 21.9. The Morgan fingerprint density at radius 2 is 1.64 bits per heavy atom. The van der Waals surface area contributed by atoms with Crippen LogP contribution in [0.3, 0.4) is 0 Å². The molecule has 1 atom stereocenters. The molecule has 0 fully saturated rings. The second-order valence-corrected chi connectivity index (χ2v) is 10.00. The van der Waals surface area contributed by atoms with Crippen LogP contribution >= 0.6 is 23.1 Å². The van der Waals surface area contributed by atoms with Crippen molar-refractivity contribution in [2.45, 2.75) is 17.1 Å². The van der Waals surface area contributed by atoms with Crippen LogP contribution in [0.5, 0.6) is 11.5 Å². The van der Waals surface area contributed by atoms with Crippen molar-refractivity contribution >= 4 is 45.7 Å². The number of aromatic nitrogens is 1. The Kier molecular flexibility index (Phi) is 8.24. The number of benzene rings is 3. The fraction of sp³-hybridized carbons (Fsp3) is 0.148. The van der Waals surface area contributed by atoms with Gasteiger partial charge >= 0.3 is 0 Å². The Balaban J connectivity index is 1.31. The van der Waals surface area contributed by atoms with Crippen LogP contribution in [0.4, 0.5) is 10.8 Å². The normalized spacial score (nSPS) is 11.4. The number of anilines is 2. The van der Waals surface area contributed by atoms with Crippen LogP contribution in [-0.4, -0.2) is 36.3 Å². The lowest BCUT2D eigenvalue weighted by atomic mass is 10.2. The Hall–Kier alpha value is -3.82. The van der Waals surface area contributed by atoms with E-state index in [1.807, 2.05) is 60.8 Å². The summed E-state index contributed by atoms with van der Waals surface area (Å²) in [5.74, 6) is 1.10. The SMILES string of the molecule is COc1ccc(C(=O)Nc2ccc(SC(C)C(=O)Nc3nc(-c4cccc(OC)c4)cs3)cc2)cc1. The molecule has 0 saturated carbocycles. The number of ether oxygens (including phenoxy) is 2. The van der Waals surface area contributed by atoms with E-state index in [2.05, 4.69) is 15.6 Å². The summed E-state index contributed by atoms with van der Waals surface area (Å²) >= 11 is 2.81.